The fraction of sp³-hybridized carbons (Fsp3) is 0.167. The van der Waals surface area contributed by atoms with E-state index >= 15 is 0 Å². The Balaban J connectivity index is 2.10. The van der Waals surface area contributed by atoms with Crippen molar-refractivity contribution < 1.29 is 18.3 Å². The quantitative estimate of drug-likeness (QED) is 0.826. The van der Waals surface area contributed by atoms with Gasteiger partial charge in [0.15, 0.2) is 0 Å². The molecule has 0 radical (unpaired) electrons. The second-order valence-electron chi connectivity index (χ2n) is 4.18. The average Bonchev–Trinajstić information content (AvgIpc) is 2.86. The first-order valence-corrected chi connectivity index (χ1v) is 7.72. The first-order valence-electron chi connectivity index (χ1n) is 5.86. The molecule has 0 aliphatic rings. The zero-order valence-corrected chi connectivity index (χ0v) is 12.3. The third-order valence-electron chi connectivity index (χ3n) is 2.63. The fourth-order valence-corrected chi connectivity index (χ4v) is 2.77. The molecule has 0 aliphatic carbocycles. The van der Waals surface area contributed by atoms with E-state index in [-0.39, 0.29) is 11.4 Å². The molecule has 21 heavy (non-hydrogen) atoms. The summed E-state index contributed by atoms with van der Waals surface area (Å²) in [4.78, 5) is 10.4. The molecule has 0 unspecified atom stereocenters. The first-order chi connectivity index (χ1) is 9.88. The lowest BCUT2D eigenvalue weighted by molar-refractivity contribution is -0.137. The molecule has 7 nitrogen and oxygen atoms in total. The van der Waals surface area contributed by atoms with E-state index in [9.17, 15) is 13.2 Å². The van der Waals surface area contributed by atoms with Gasteiger partial charge in [-0.3, -0.25) is 9.48 Å². The van der Waals surface area contributed by atoms with Gasteiger partial charge >= 0.3 is 5.97 Å². The standard InChI is InChI=1S/C12H12ClN3O4S/c13-11-4-2-1-3-9(11)5-15-21(19,20)10-6-14-16(7-10)8-12(17)18/h1-4,6-7,15H,5,8H2,(H,17,18). The molecule has 1 aromatic heterocycles. The molecule has 9 heteroatoms. The van der Waals surface area contributed by atoms with E-state index in [1.807, 2.05) is 0 Å². The van der Waals surface area contributed by atoms with Crippen molar-refractivity contribution in [2.45, 2.75) is 18.0 Å². The van der Waals surface area contributed by atoms with E-state index in [2.05, 4.69) is 9.82 Å². The number of carboxylic acid groups (broad SMARTS) is 1. The van der Waals surface area contributed by atoms with Crippen molar-refractivity contribution in [2.24, 2.45) is 0 Å². The van der Waals surface area contributed by atoms with Gasteiger partial charge in [-0.2, -0.15) is 5.10 Å². The van der Waals surface area contributed by atoms with Gasteiger partial charge in [-0.1, -0.05) is 29.8 Å². The molecular weight excluding hydrogens is 318 g/mol. The summed E-state index contributed by atoms with van der Waals surface area (Å²) in [6.45, 7) is -0.369. The highest BCUT2D eigenvalue weighted by Gasteiger charge is 2.17. The zero-order chi connectivity index (χ0) is 15.5. The van der Waals surface area contributed by atoms with Crippen LogP contribution in [0.4, 0.5) is 0 Å². The Hall–Kier alpha value is -1.90. The van der Waals surface area contributed by atoms with Crippen molar-refractivity contribution in [3.8, 4) is 0 Å². The molecule has 0 saturated heterocycles. The van der Waals surface area contributed by atoms with Gasteiger partial charge in [0.2, 0.25) is 10.0 Å². The van der Waals surface area contributed by atoms with Crippen LogP contribution in [0.15, 0.2) is 41.6 Å². The van der Waals surface area contributed by atoms with Gasteiger partial charge in [0, 0.05) is 17.8 Å². The van der Waals surface area contributed by atoms with E-state index < -0.39 is 22.5 Å². The average molecular weight is 330 g/mol. The van der Waals surface area contributed by atoms with Crippen molar-refractivity contribution in [1.82, 2.24) is 14.5 Å². The molecule has 0 bridgehead atoms. The van der Waals surface area contributed by atoms with Crippen molar-refractivity contribution >= 4 is 27.6 Å². The summed E-state index contributed by atoms with van der Waals surface area (Å²) in [6.07, 6.45) is 2.25. The Labute approximate surface area is 126 Å². The van der Waals surface area contributed by atoms with Gasteiger partial charge in [-0.25, -0.2) is 13.1 Å². The number of nitrogens with one attached hydrogen (secondary N) is 1. The smallest absolute Gasteiger partial charge is 0.325 e. The molecule has 2 aromatic rings. The number of aromatic nitrogens is 2. The predicted octanol–water partition coefficient (Wildman–Crippen LogP) is 1.10. The van der Waals surface area contributed by atoms with Crippen molar-refractivity contribution in [3.63, 3.8) is 0 Å². The highest BCUT2D eigenvalue weighted by Crippen LogP contribution is 2.15. The van der Waals surface area contributed by atoms with Gasteiger partial charge in [0.05, 0.1) is 6.20 Å². The van der Waals surface area contributed by atoms with E-state index in [0.717, 1.165) is 17.1 Å². The zero-order valence-electron chi connectivity index (χ0n) is 10.7. The van der Waals surface area contributed by atoms with Crippen LogP contribution < -0.4 is 4.72 Å². The van der Waals surface area contributed by atoms with E-state index in [1.54, 1.807) is 24.3 Å². The summed E-state index contributed by atoms with van der Waals surface area (Å²) in [5.74, 6) is -1.11. The lowest BCUT2D eigenvalue weighted by Gasteiger charge is -2.06. The van der Waals surface area contributed by atoms with E-state index in [0.29, 0.717) is 10.6 Å². The Bertz CT molecular complexity index is 757. The molecular formula is C12H12ClN3O4S. The summed E-state index contributed by atoms with van der Waals surface area (Å²) < 4.78 is 27.5. The molecule has 2 rings (SSSR count). The van der Waals surface area contributed by atoms with Crippen molar-refractivity contribution in [2.75, 3.05) is 0 Å². The molecule has 112 valence electrons. The number of aliphatic carboxylic acids is 1. The minimum absolute atomic E-state index is 0.0338. The number of carbonyl (C=O) groups is 1. The van der Waals surface area contributed by atoms with Crippen molar-refractivity contribution in [1.29, 1.82) is 0 Å². The lowest BCUT2D eigenvalue weighted by atomic mass is 10.2. The van der Waals surface area contributed by atoms with Gasteiger partial charge in [-0.05, 0) is 11.6 Å². The number of rotatable bonds is 6. The fourth-order valence-electron chi connectivity index (χ4n) is 1.61. The number of carboxylic acids is 1. The van der Waals surface area contributed by atoms with Crippen LogP contribution >= 0.6 is 11.6 Å². The van der Waals surface area contributed by atoms with Crippen LogP contribution in [0.1, 0.15) is 5.56 Å². The predicted molar refractivity (Wildman–Crippen MR) is 75.3 cm³/mol. The van der Waals surface area contributed by atoms with E-state index in [4.69, 9.17) is 16.7 Å². The minimum atomic E-state index is -3.78. The van der Waals surface area contributed by atoms with Gasteiger partial charge in [0.25, 0.3) is 0 Å². The molecule has 0 atom stereocenters. The minimum Gasteiger partial charge on any atom is -0.480 e. The molecule has 1 aromatic carbocycles. The Morgan fingerprint density at radius 3 is 2.76 bits per heavy atom. The maximum atomic E-state index is 12.1. The molecule has 1 heterocycles. The number of benzene rings is 1. The summed E-state index contributed by atoms with van der Waals surface area (Å²) in [5.41, 5.74) is 0.640. The van der Waals surface area contributed by atoms with Crippen LogP contribution in [-0.4, -0.2) is 29.3 Å². The third kappa shape index (κ3) is 4.03. The highest BCUT2D eigenvalue weighted by molar-refractivity contribution is 7.89. The lowest BCUT2D eigenvalue weighted by Crippen LogP contribution is -2.23. The Kier molecular flexibility index (Phi) is 4.61. The van der Waals surface area contributed by atoms with Crippen molar-refractivity contribution in [3.05, 3.63) is 47.2 Å². The van der Waals surface area contributed by atoms with Crippen LogP contribution in [0.2, 0.25) is 5.02 Å². The second kappa shape index (κ2) is 6.25. The number of nitrogens with zero attached hydrogens (tertiary/aromatic N) is 2. The summed E-state index contributed by atoms with van der Waals surface area (Å²) in [6, 6.07) is 6.87. The molecule has 0 saturated carbocycles. The second-order valence-corrected chi connectivity index (χ2v) is 6.36. The Morgan fingerprint density at radius 1 is 1.38 bits per heavy atom. The SMILES string of the molecule is O=C(O)Cn1cc(S(=O)(=O)NCc2ccccc2Cl)cn1. The summed E-state index contributed by atoms with van der Waals surface area (Å²) in [7, 11) is -3.78. The maximum Gasteiger partial charge on any atom is 0.325 e. The van der Waals surface area contributed by atoms with E-state index in [1.165, 1.54) is 0 Å². The number of halogens is 1. The molecule has 0 spiro atoms. The summed E-state index contributed by atoms with van der Waals surface area (Å²) >= 11 is 5.94. The van der Waals surface area contributed by atoms with Crippen LogP contribution in [0, 0.1) is 0 Å². The van der Waals surface area contributed by atoms with Gasteiger partial charge in [0.1, 0.15) is 11.4 Å². The Morgan fingerprint density at radius 2 is 2.10 bits per heavy atom. The highest BCUT2D eigenvalue weighted by atomic mass is 35.5. The van der Waals surface area contributed by atoms with Gasteiger partial charge < -0.3 is 5.11 Å². The molecule has 0 aliphatic heterocycles. The number of hydrogen-bond donors (Lipinski definition) is 2. The van der Waals surface area contributed by atoms with Crippen LogP contribution in [0.5, 0.6) is 0 Å². The monoisotopic (exact) mass is 329 g/mol. The molecule has 0 fully saturated rings. The topological polar surface area (TPSA) is 101 Å². The van der Waals surface area contributed by atoms with Crippen LogP contribution in [-0.2, 0) is 27.9 Å². The van der Waals surface area contributed by atoms with Gasteiger partial charge in [-0.15, -0.1) is 0 Å². The molecule has 2 N–H and O–H groups in total. The molecule has 0 amide bonds. The summed E-state index contributed by atoms with van der Waals surface area (Å²) in [5, 5.41) is 12.8. The first kappa shape index (κ1) is 15.5. The number of sulfonamides is 1. The maximum absolute atomic E-state index is 12.1. The number of hydrogen-bond acceptors (Lipinski definition) is 4. The largest absolute Gasteiger partial charge is 0.480 e. The van der Waals surface area contributed by atoms with Crippen LogP contribution in [0.25, 0.3) is 0 Å². The normalized spacial score (nSPS) is 11.5. The van der Waals surface area contributed by atoms with Crippen LogP contribution in [0.3, 0.4) is 0 Å². The third-order valence-corrected chi connectivity index (χ3v) is 4.35.